The number of nitro benzene ring substituents is 1. The Hall–Kier alpha value is -3.75. The maximum absolute atomic E-state index is 13.3. The average Bonchev–Trinajstić information content (AvgIpc) is 2.79. The standard InChI is InChI=1S/C23H23N3O6/c27-21-18-3-1-2-4-19(18)24-23(30)25(21)20(15-7-9-16(10-8-15)22(28)29)13-14-5-11-17(12-6-14)26(31)32/h1-6,11-12,15-16,20H,7-10,13H2,(H,24,30)(H,28,29). The summed E-state index contributed by atoms with van der Waals surface area (Å²) in [6.45, 7) is 0. The SMILES string of the molecule is O=C(O)C1CCC(C(Cc2ccc([N+](=O)[O-])cc2)n2c(=O)[nH]c3ccccc3c2=O)CC1. The molecule has 0 saturated heterocycles. The van der Waals surface area contributed by atoms with Crippen molar-refractivity contribution < 1.29 is 14.8 Å². The lowest BCUT2D eigenvalue weighted by molar-refractivity contribution is -0.384. The molecular formula is C23H23N3O6. The van der Waals surface area contributed by atoms with Gasteiger partial charge in [-0.25, -0.2) is 4.79 Å². The number of aromatic amines is 1. The summed E-state index contributed by atoms with van der Waals surface area (Å²) < 4.78 is 1.25. The molecule has 1 heterocycles. The molecular weight excluding hydrogens is 414 g/mol. The predicted octanol–water partition coefficient (Wildman–Crippen LogP) is 3.27. The van der Waals surface area contributed by atoms with E-state index < -0.39 is 34.1 Å². The second kappa shape index (κ2) is 8.78. The van der Waals surface area contributed by atoms with Crippen LogP contribution >= 0.6 is 0 Å². The van der Waals surface area contributed by atoms with Crippen molar-refractivity contribution in [2.24, 2.45) is 11.8 Å². The summed E-state index contributed by atoms with van der Waals surface area (Å²) in [4.78, 5) is 50.9. The number of para-hydroxylation sites is 1. The topological polar surface area (TPSA) is 135 Å². The van der Waals surface area contributed by atoms with Gasteiger partial charge in [-0.05, 0) is 55.7 Å². The fourth-order valence-corrected chi connectivity index (χ4v) is 4.69. The molecule has 9 nitrogen and oxygen atoms in total. The third kappa shape index (κ3) is 4.18. The van der Waals surface area contributed by atoms with E-state index in [9.17, 15) is 29.6 Å². The van der Waals surface area contributed by atoms with Gasteiger partial charge in [-0.3, -0.25) is 24.3 Å². The van der Waals surface area contributed by atoms with E-state index in [4.69, 9.17) is 0 Å². The summed E-state index contributed by atoms with van der Waals surface area (Å²) >= 11 is 0. The minimum atomic E-state index is -0.823. The Morgan fingerprint density at radius 3 is 2.38 bits per heavy atom. The number of benzene rings is 2. The molecule has 1 aliphatic carbocycles. The van der Waals surface area contributed by atoms with Gasteiger partial charge < -0.3 is 10.1 Å². The van der Waals surface area contributed by atoms with Crippen molar-refractivity contribution in [1.82, 2.24) is 9.55 Å². The first-order chi connectivity index (χ1) is 15.3. The molecule has 32 heavy (non-hydrogen) atoms. The Balaban J connectivity index is 1.75. The molecule has 0 radical (unpaired) electrons. The third-order valence-electron chi connectivity index (χ3n) is 6.43. The van der Waals surface area contributed by atoms with Gasteiger partial charge in [0.15, 0.2) is 0 Å². The zero-order valence-electron chi connectivity index (χ0n) is 17.3. The molecule has 1 atom stereocenters. The lowest BCUT2D eigenvalue weighted by Gasteiger charge is -2.33. The highest BCUT2D eigenvalue weighted by molar-refractivity contribution is 5.76. The predicted molar refractivity (Wildman–Crippen MR) is 118 cm³/mol. The van der Waals surface area contributed by atoms with Gasteiger partial charge in [0.05, 0.1) is 21.7 Å². The van der Waals surface area contributed by atoms with Crippen LogP contribution in [0.25, 0.3) is 10.9 Å². The summed E-state index contributed by atoms with van der Waals surface area (Å²) in [6.07, 6.45) is 2.45. The van der Waals surface area contributed by atoms with E-state index in [0.29, 0.717) is 43.0 Å². The van der Waals surface area contributed by atoms with Crippen LogP contribution in [0.4, 0.5) is 5.69 Å². The Kier molecular flexibility index (Phi) is 5.89. The van der Waals surface area contributed by atoms with Crippen molar-refractivity contribution >= 4 is 22.6 Å². The maximum Gasteiger partial charge on any atom is 0.329 e. The average molecular weight is 437 g/mol. The van der Waals surface area contributed by atoms with Crippen molar-refractivity contribution in [3.63, 3.8) is 0 Å². The van der Waals surface area contributed by atoms with Crippen LogP contribution in [-0.4, -0.2) is 25.6 Å². The molecule has 0 aliphatic heterocycles. The maximum atomic E-state index is 13.3. The second-order valence-corrected chi connectivity index (χ2v) is 8.30. The number of carboxylic acids is 1. The number of aliphatic carboxylic acids is 1. The molecule has 1 aliphatic rings. The Morgan fingerprint density at radius 1 is 1.09 bits per heavy atom. The fraction of sp³-hybridized carbons (Fsp3) is 0.348. The summed E-state index contributed by atoms with van der Waals surface area (Å²) in [6, 6.07) is 12.4. The Bertz CT molecular complexity index is 1270. The summed E-state index contributed by atoms with van der Waals surface area (Å²) in [5.74, 6) is -1.31. The van der Waals surface area contributed by atoms with Crippen molar-refractivity contribution in [2.75, 3.05) is 0 Å². The molecule has 1 unspecified atom stereocenters. The second-order valence-electron chi connectivity index (χ2n) is 8.30. The molecule has 0 spiro atoms. The van der Waals surface area contributed by atoms with Crippen LogP contribution in [0, 0.1) is 22.0 Å². The highest BCUT2D eigenvalue weighted by Gasteiger charge is 2.33. The van der Waals surface area contributed by atoms with Crippen LogP contribution in [0.5, 0.6) is 0 Å². The van der Waals surface area contributed by atoms with Gasteiger partial charge in [0.1, 0.15) is 0 Å². The van der Waals surface area contributed by atoms with Gasteiger partial charge in [-0.15, -0.1) is 0 Å². The van der Waals surface area contributed by atoms with E-state index in [0.717, 1.165) is 5.56 Å². The summed E-state index contributed by atoms with van der Waals surface area (Å²) in [5.41, 5.74) is 0.286. The van der Waals surface area contributed by atoms with E-state index in [1.54, 1.807) is 36.4 Å². The van der Waals surface area contributed by atoms with Crippen molar-refractivity contribution in [3.8, 4) is 0 Å². The Morgan fingerprint density at radius 2 is 1.75 bits per heavy atom. The number of carboxylic acid groups (broad SMARTS) is 1. The number of carbonyl (C=O) groups is 1. The molecule has 0 bridgehead atoms. The molecule has 4 rings (SSSR count). The molecule has 3 aromatic rings. The lowest BCUT2D eigenvalue weighted by Crippen LogP contribution is -2.42. The van der Waals surface area contributed by atoms with Crippen LogP contribution in [0.15, 0.2) is 58.1 Å². The summed E-state index contributed by atoms with van der Waals surface area (Å²) in [7, 11) is 0. The highest BCUT2D eigenvalue weighted by atomic mass is 16.6. The first-order valence-corrected chi connectivity index (χ1v) is 10.5. The Labute approximate surface area is 182 Å². The minimum Gasteiger partial charge on any atom is -0.481 e. The quantitative estimate of drug-likeness (QED) is 0.449. The van der Waals surface area contributed by atoms with Crippen LogP contribution in [-0.2, 0) is 11.2 Å². The fourth-order valence-electron chi connectivity index (χ4n) is 4.69. The van der Waals surface area contributed by atoms with Crippen molar-refractivity contribution in [2.45, 2.75) is 38.1 Å². The number of fused-ring (bicyclic) bond motifs is 1. The number of H-pyrrole nitrogens is 1. The molecule has 1 aromatic heterocycles. The number of aromatic nitrogens is 2. The highest BCUT2D eigenvalue weighted by Crippen LogP contribution is 2.37. The van der Waals surface area contributed by atoms with E-state index >= 15 is 0 Å². The van der Waals surface area contributed by atoms with Crippen molar-refractivity contribution in [3.05, 3.63) is 85.0 Å². The van der Waals surface area contributed by atoms with Gasteiger partial charge >= 0.3 is 11.7 Å². The van der Waals surface area contributed by atoms with Gasteiger partial charge in [-0.1, -0.05) is 24.3 Å². The van der Waals surface area contributed by atoms with Gasteiger partial charge in [0.2, 0.25) is 0 Å². The van der Waals surface area contributed by atoms with Gasteiger partial charge in [0, 0.05) is 18.2 Å². The zero-order chi connectivity index (χ0) is 22.8. The van der Waals surface area contributed by atoms with Gasteiger partial charge in [0.25, 0.3) is 11.2 Å². The van der Waals surface area contributed by atoms with Gasteiger partial charge in [-0.2, -0.15) is 0 Å². The number of nitrogens with one attached hydrogen (secondary N) is 1. The lowest BCUT2D eigenvalue weighted by atomic mass is 9.77. The molecule has 2 aromatic carbocycles. The van der Waals surface area contributed by atoms with E-state index in [2.05, 4.69) is 4.98 Å². The molecule has 1 saturated carbocycles. The van der Waals surface area contributed by atoms with E-state index in [1.165, 1.54) is 16.7 Å². The van der Waals surface area contributed by atoms with Crippen LogP contribution in [0.2, 0.25) is 0 Å². The molecule has 2 N–H and O–H groups in total. The number of rotatable bonds is 6. The zero-order valence-corrected chi connectivity index (χ0v) is 17.3. The first-order valence-electron chi connectivity index (χ1n) is 10.5. The molecule has 0 amide bonds. The molecule has 166 valence electrons. The number of hydrogen-bond donors (Lipinski definition) is 2. The normalized spacial score (nSPS) is 19.5. The number of nitrogens with zero attached hydrogens (tertiary/aromatic N) is 2. The number of hydrogen-bond acceptors (Lipinski definition) is 5. The first kappa shape index (κ1) is 21.5. The minimum absolute atomic E-state index is 0.0343. The molecule has 1 fully saturated rings. The smallest absolute Gasteiger partial charge is 0.329 e. The monoisotopic (exact) mass is 437 g/mol. The summed E-state index contributed by atoms with van der Waals surface area (Å²) in [5, 5.41) is 20.7. The number of nitro groups is 1. The van der Waals surface area contributed by atoms with E-state index in [1.807, 2.05) is 0 Å². The van der Waals surface area contributed by atoms with Crippen LogP contribution in [0.1, 0.15) is 37.3 Å². The van der Waals surface area contributed by atoms with Crippen LogP contribution < -0.4 is 11.2 Å². The largest absolute Gasteiger partial charge is 0.481 e. The third-order valence-corrected chi connectivity index (χ3v) is 6.43. The van der Waals surface area contributed by atoms with Crippen LogP contribution in [0.3, 0.4) is 0 Å². The molecule has 9 heteroatoms. The van der Waals surface area contributed by atoms with Crippen molar-refractivity contribution in [1.29, 1.82) is 0 Å². The number of non-ortho nitro benzene ring substituents is 1. The van der Waals surface area contributed by atoms with E-state index in [-0.39, 0.29) is 11.6 Å².